The second kappa shape index (κ2) is 14.8. The number of carbonyl (C=O) groups excluding carboxylic acids is 3. The van der Waals surface area contributed by atoms with Gasteiger partial charge in [-0.25, -0.2) is 9.59 Å². The van der Waals surface area contributed by atoms with Crippen molar-refractivity contribution >= 4 is 23.5 Å². The van der Waals surface area contributed by atoms with Gasteiger partial charge in [-0.3, -0.25) is 4.79 Å². The number of amides is 1. The van der Waals surface area contributed by atoms with Gasteiger partial charge in [0.1, 0.15) is 38.6 Å². The normalized spacial score (nSPS) is 14.2. The molecule has 1 amide bonds. The van der Waals surface area contributed by atoms with Gasteiger partial charge >= 0.3 is 36.1 Å². The molecule has 0 heterocycles. The standard InChI is InChI=1S/C22H23F10NO9/c1-11(34)33-14-3-12(17(37)41-7-15(35)5-39-9-19(23,24)21(27,28)29)2-13(4-14)18(38)42-8-16(36)6-40-10-20(25,26)22(30,31)32/h2-4,15-16,35-36H,5-10H2,1H3,(H,33,34). The van der Waals surface area contributed by atoms with Crippen LogP contribution in [0.5, 0.6) is 0 Å². The Morgan fingerprint density at radius 1 is 0.690 bits per heavy atom. The van der Waals surface area contributed by atoms with Crippen LogP contribution >= 0.6 is 0 Å². The highest BCUT2D eigenvalue weighted by Gasteiger charge is 2.58. The minimum atomic E-state index is -5.90. The molecule has 1 rings (SSSR count). The zero-order chi connectivity index (χ0) is 32.5. The smallest absolute Gasteiger partial charge is 0.455 e. The number of hydrogen-bond donors (Lipinski definition) is 3. The summed E-state index contributed by atoms with van der Waals surface area (Å²) in [6.07, 6.45) is -15.5. The molecule has 20 heteroatoms. The van der Waals surface area contributed by atoms with Crippen molar-refractivity contribution in [2.75, 3.05) is 45.0 Å². The molecule has 0 saturated carbocycles. The number of alkyl halides is 10. The third-order valence-corrected chi connectivity index (χ3v) is 4.56. The van der Waals surface area contributed by atoms with Crippen molar-refractivity contribution in [2.45, 2.75) is 43.3 Å². The van der Waals surface area contributed by atoms with E-state index in [4.69, 9.17) is 0 Å². The number of aliphatic hydroxyl groups excluding tert-OH is 2. The number of rotatable bonds is 15. The second-order valence-corrected chi connectivity index (χ2v) is 8.42. The van der Waals surface area contributed by atoms with Gasteiger partial charge in [0.15, 0.2) is 0 Å². The molecule has 0 aliphatic heterocycles. The fourth-order valence-electron chi connectivity index (χ4n) is 2.56. The van der Waals surface area contributed by atoms with Crippen LogP contribution in [-0.2, 0) is 23.7 Å². The lowest BCUT2D eigenvalue weighted by molar-refractivity contribution is -0.298. The van der Waals surface area contributed by atoms with E-state index in [1.54, 1.807) is 0 Å². The highest BCUT2D eigenvalue weighted by atomic mass is 19.4. The molecule has 0 aliphatic rings. The van der Waals surface area contributed by atoms with E-state index in [0.29, 0.717) is 0 Å². The molecule has 0 radical (unpaired) electrons. The highest BCUT2D eigenvalue weighted by molar-refractivity contribution is 5.99. The van der Waals surface area contributed by atoms with Crippen molar-refractivity contribution in [3.8, 4) is 0 Å². The Morgan fingerprint density at radius 2 is 1.05 bits per heavy atom. The Hall–Kier alpha value is -3.23. The first kappa shape index (κ1) is 36.8. The van der Waals surface area contributed by atoms with E-state index in [-0.39, 0.29) is 5.69 Å². The molecule has 10 nitrogen and oxygen atoms in total. The van der Waals surface area contributed by atoms with Crippen LogP contribution in [0.1, 0.15) is 27.6 Å². The third kappa shape index (κ3) is 11.9. The third-order valence-electron chi connectivity index (χ3n) is 4.56. The summed E-state index contributed by atoms with van der Waals surface area (Å²) in [6.45, 7) is -7.33. The Morgan fingerprint density at radius 3 is 1.36 bits per heavy atom. The second-order valence-electron chi connectivity index (χ2n) is 8.42. The first-order valence-electron chi connectivity index (χ1n) is 11.2. The van der Waals surface area contributed by atoms with Crippen LogP contribution in [-0.4, -0.2) is 104 Å². The molecule has 3 N–H and O–H groups in total. The monoisotopic (exact) mass is 635 g/mol. The van der Waals surface area contributed by atoms with E-state index in [0.717, 1.165) is 25.1 Å². The molecule has 1 aromatic rings. The fourth-order valence-corrected chi connectivity index (χ4v) is 2.56. The molecule has 0 spiro atoms. The van der Waals surface area contributed by atoms with Gasteiger partial charge in [-0.15, -0.1) is 0 Å². The maximum Gasteiger partial charge on any atom is 0.455 e. The first-order valence-corrected chi connectivity index (χ1v) is 11.2. The van der Waals surface area contributed by atoms with Gasteiger partial charge in [-0.2, -0.15) is 43.9 Å². The minimum Gasteiger partial charge on any atom is -0.459 e. The predicted molar refractivity (Wildman–Crippen MR) is 117 cm³/mol. The molecule has 0 fully saturated rings. The minimum absolute atomic E-state index is 0.194. The molecule has 2 atom stereocenters. The molecular weight excluding hydrogens is 612 g/mol. The van der Waals surface area contributed by atoms with Gasteiger partial charge in [-0.1, -0.05) is 0 Å². The molecule has 0 saturated heterocycles. The van der Waals surface area contributed by atoms with E-state index >= 15 is 0 Å². The number of ether oxygens (including phenoxy) is 4. The summed E-state index contributed by atoms with van der Waals surface area (Å²) >= 11 is 0. The lowest BCUT2D eigenvalue weighted by atomic mass is 10.1. The van der Waals surface area contributed by atoms with Crippen molar-refractivity contribution < 1.29 is 87.4 Å². The predicted octanol–water partition coefficient (Wildman–Crippen LogP) is 3.11. The molecule has 0 bridgehead atoms. The van der Waals surface area contributed by atoms with Crippen LogP contribution in [0.3, 0.4) is 0 Å². The maximum atomic E-state index is 12.8. The fraction of sp³-hybridized carbons (Fsp3) is 0.591. The van der Waals surface area contributed by atoms with Gasteiger partial charge in [-0.05, 0) is 18.2 Å². The van der Waals surface area contributed by atoms with Crippen molar-refractivity contribution in [1.29, 1.82) is 0 Å². The van der Waals surface area contributed by atoms with E-state index in [1.165, 1.54) is 0 Å². The topological polar surface area (TPSA) is 141 Å². The van der Waals surface area contributed by atoms with Crippen LogP contribution in [0, 0.1) is 0 Å². The quantitative estimate of drug-likeness (QED) is 0.196. The molecule has 1 aromatic carbocycles. The largest absolute Gasteiger partial charge is 0.459 e. The van der Waals surface area contributed by atoms with E-state index < -0.39 is 105 Å². The maximum absolute atomic E-state index is 12.8. The molecule has 240 valence electrons. The number of halogens is 10. The van der Waals surface area contributed by atoms with E-state index in [1.807, 2.05) is 0 Å². The van der Waals surface area contributed by atoms with Crippen LogP contribution in [0.2, 0.25) is 0 Å². The summed E-state index contributed by atoms with van der Waals surface area (Å²) in [6, 6.07) is 2.75. The van der Waals surface area contributed by atoms with Gasteiger partial charge in [0.05, 0.1) is 24.3 Å². The number of anilines is 1. The summed E-state index contributed by atoms with van der Waals surface area (Å²) in [5, 5.41) is 21.5. The van der Waals surface area contributed by atoms with Crippen molar-refractivity contribution in [3.63, 3.8) is 0 Å². The molecule has 0 aromatic heterocycles. The number of carbonyl (C=O) groups is 3. The number of aliphatic hydroxyl groups is 2. The van der Waals surface area contributed by atoms with Gasteiger partial charge in [0.25, 0.3) is 0 Å². The Balaban J connectivity index is 2.77. The summed E-state index contributed by atoms with van der Waals surface area (Å²) in [4.78, 5) is 36.1. The number of nitrogens with one attached hydrogen (secondary N) is 1. The summed E-state index contributed by atoms with van der Waals surface area (Å²) in [5.74, 6) is -13.7. The molecule has 42 heavy (non-hydrogen) atoms. The zero-order valence-corrected chi connectivity index (χ0v) is 21.2. The van der Waals surface area contributed by atoms with Crippen molar-refractivity contribution in [3.05, 3.63) is 29.3 Å². The Kier molecular flexibility index (Phi) is 13.0. The molecular formula is C22H23F10NO9. The van der Waals surface area contributed by atoms with Gasteiger partial charge in [0.2, 0.25) is 5.91 Å². The highest BCUT2D eigenvalue weighted by Crippen LogP contribution is 2.36. The van der Waals surface area contributed by atoms with Crippen LogP contribution in [0.15, 0.2) is 18.2 Å². The van der Waals surface area contributed by atoms with Crippen LogP contribution in [0.25, 0.3) is 0 Å². The zero-order valence-electron chi connectivity index (χ0n) is 21.2. The molecule has 2 unspecified atom stereocenters. The van der Waals surface area contributed by atoms with Crippen molar-refractivity contribution in [1.82, 2.24) is 0 Å². The van der Waals surface area contributed by atoms with Crippen LogP contribution < -0.4 is 5.32 Å². The van der Waals surface area contributed by atoms with Crippen LogP contribution in [0.4, 0.5) is 49.6 Å². The van der Waals surface area contributed by atoms with Crippen molar-refractivity contribution in [2.24, 2.45) is 0 Å². The number of esters is 2. The van der Waals surface area contributed by atoms with E-state index in [9.17, 15) is 68.5 Å². The summed E-state index contributed by atoms with van der Waals surface area (Å²) in [5.41, 5.74) is -1.16. The van der Waals surface area contributed by atoms with Gasteiger partial charge in [0, 0.05) is 12.6 Å². The lowest BCUT2D eigenvalue weighted by Crippen LogP contribution is -2.41. The lowest BCUT2D eigenvalue weighted by Gasteiger charge is -2.20. The first-order chi connectivity index (χ1) is 19.1. The Labute approximate surface area is 229 Å². The van der Waals surface area contributed by atoms with Gasteiger partial charge < -0.3 is 34.5 Å². The van der Waals surface area contributed by atoms with E-state index in [2.05, 4.69) is 24.3 Å². The summed E-state index contributed by atoms with van der Waals surface area (Å²) < 4.78 is 142. The number of benzene rings is 1. The average Bonchev–Trinajstić information content (AvgIpc) is 2.83. The summed E-state index contributed by atoms with van der Waals surface area (Å²) in [7, 11) is 0. The molecule has 0 aliphatic carbocycles. The Bertz CT molecular complexity index is 1010. The number of hydrogen-bond acceptors (Lipinski definition) is 9. The average molecular weight is 635 g/mol. The SMILES string of the molecule is CC(=O)Nc1cc(C(=O)OCC(O)COCC(F)(F)C(F)(F)F)cc(C(=O)OCC(O)COCC(F)(F)C(F)(F)F)c1.